The number of hydrogen-bond acceptors (Lipinski definition) is 3. The number of esters is 1. The molecule has 1 aromatic carbocycles. The quantitative estimate of drug-likeness (QED) is 0.663. The molecule has 3 nitrogen and oxygen atoms in total. The van der Waals surface area contributed by atoms with Crippen LogP contribution >= 0.6 is 0 Å². The van der Waals surface area contributed by atoms with Crippen LogP contribution in [0.25, 0.3) is 0 Å². The first-order valence-electron chi connectivity index (χ1n) is 6.39. The average molecular weight is 251 g/mol. The van der Waals surface area contributed by atoms with Crippen molar-refractivity contribution in [1.29, 1.82) is 0 Å². The maximum atomic E-state index is 12.9. The zero-order chi connectivity index (χ0) is 13.0. The van der Waals surface area contributed by atoms with Crippen molar-refractivity contribution in [3.8, 4) is 0 Å². The Balaban J connectivity index is 1.90. The Morgan fingerprint density at radius 1 is 1.33 bits per heavy atom. The third kappa shape index (κ3) is 3.22. The van der Waals surface area contributed by atoms with Gasteiger partial charge in [-0.25, -0.2) is 9.18 Å². The number of nitrogens with two attached hydrogens (primary N) is 1. The monoisotopic (exact) mass is 251 g/mol. The van der Waals surface area contributed by atoms with Crippen LogP contribution in [-0.2, 0) is 4.74 Å². The van der Waals surface area contributed by atoms with E-state index in [-0.39, 0.29) is 11.3 Å². The van der Waals surface area contributed by atoms with E-state index in [4.69, 9.17) is 10.5 Å². The van der Waals surface area contributed by atoms with E-state index in [1.807, 2.05) is 0 Å². The molecule has 0 aromatic heterocycles. The second kappa shape index (κ2) is 5.85. The van der Waals surface area contributed by atoms with E-state index in [1.54, 1.807) is 0 Å². The summed E-state index contributed by atoms with van der Waals surface area (Å²) in [5, 5.41) is 0. The van der Waals surface area contributed by atoms with Gasteiger partial charge in [0.15, 0.2) is 0 Å². The van der Waals surface area contributed by atoms with Crippen molar-refractivity contribution in [2.24, 2.45) is 5.92 Å². The molecule has 0 bridgehead atoms. The molecule has 2 rings (SSSR count). The summed E-state index contributed by atoms with van der Waals surface area (Å²) in [5.41, 5.74) is 5.96. The highest BCUT2D eigenvalue weighted by Crippen LogP contribution is 2.24. The number of benzene rings is 1. The molecule has 1 saturated carbocycles. The minimum atomic E-state index is -0.460. The minimum absolute atomic E-state index is 0.128. The molecule has 0 aliphatic heterocycles. The number of carbonyl (C=O) groups excluding carboxylic acids is 1. The second-order valence-electron chi connectivity index (χ2n) is 4.83. The Kier molecular flexibility index (Phi) is 4.18. The van der Waals surface area contributed by atoms with Crippen LogP contribution in [0.1, 0.15) is 42.5 Å². The molecule has 0 unspecified atom stereocenters. The van der Waals surface area contributed by atoms with Gasteiger partial charge in [-0.1, -0.05) is 19.3 Å². The first kappa shape index (κ1) is 12.9. The van der Waals surface area contributed by atoms with E-state index in [9.17, 15) is 9.18 Å². The third-order valence-electron chi connectivity index (χ3n) is 3.41. The van der Waals surface area contributed by atoms with Crippen molar-refractivity contribution in [2.75, 3.05) is 12.3 Å². The Bertz CT molecular complexity index is 428. The van der Waals surface area contributed by atoms with E-state index in [0.29, 0.717) is 12.5 Å². The fourth-order valence-electron chi connectivity index (χ4n) is 2.34. The number of carbonyl (C=O) groups is 1. The third-order valence-corrected chi connectivity index (χ3v) is 3.41. The Morgan fingerprint density at radius 3 is 2.72 bits per heavy atom. The topological polar surface area (TPSA) is 52.3 Å². The Morgan fingerprint density at radius 2 is 2.06 bits per heavy atom. The molecule has 1 fully saturated rings. The van der Waals surface area contributed by atoms with Gasteiger partial charge >= 0.3 is 5.97 Å². The number of ether oxygens (including phenoxy) is 1. The van der Waals surface area contributed by atoms with Gasteiger partial charge in [-0.2, -0.15) is 0 Å². The van der Waals surface area contributed by atoms with E-state index in [0.717, 1.165) is 18.9 Å². The molecule has 1 aliphatic rings. The van der Waals surface area contributed by atoms with E-state index < -0.39 is 11.8 Å². The van der Waals surface area contributed by atoms with Crippen LogP contribution in [0.5, 0.6) is 0 Å². The lowest BCUT2D eigenvalue weighted by atomic mass is 9.90. The molecule has 1 aliphatic carbocycles. The number of anilines is 1. The zero-order valence-electron chi connectivity index (χ0n) is 10.3. The summed E-state index contributed by atoms with van der Waals surface area (Å²) < 4.78 is 18.1. The smallest absolute Gasteiger partial charge is 0.340 e. The molecule has 0 spiro atoms. The first-order chi connectivity index (χ1) is 8.66. The lowest BCUT2D eigenvalue weighted by molar-refractivity contribution is 0.0411. The lowest BCUT2D eigenvalue weighted by Crippen LogP contribution is -2.17. The summed E-state index contributed by atoms with van der Waals surface area (Å²) in [4.78, 5) is 11.8. The van der Waals surface area contributed by atoms with Crippen molar-refractivity contribution in [3.05, 3.63) is 29.6 Å². The van der Waals surface area contributed by atoms with E-state index in [1.165, 1.54) is 31.4 Å². The number of rotatable bonds is 3. The van der Waals surface area contributed by atoms with Crippen molar-refractivity contribution >= 4 is 11.7 Å². The van der Waals surface area contributed by atoms with Crippen molar-refractivity contribution < 1.29 is 13.9 Å². The van der Waals surface area contributed by atoms with Crippen molar-refractivity contribution in [3.63, 3.8) is 0 Å². The van der Waals surface area contributed by atoms with Gasteiger partial charge in [0.2, 0.25) is 0 Å². The summed E-state index contributed by atoms with van der Waals surface area (Å²) in [6.07, 6.45) is 5.93. The van der Waals surface area contributed by atoms with Crippen LogP contribution in [0.15, 0.2) is 18.2 Å². The van der Waals surface area contributed by atoms with Crippen LogP contribution in [0.3, 0.4) is 0 Å². The fraction of sp³-hybridized carbons (Fsp3) is 0.500. The van der Waals surface area contributed by atoms with Gasteiger partial charge < -0.3 is 10.5 Å². The van der Waals surface area contributed by atoms with Gasteiger partial charge in [0.05, 0.1) is 12.2 Å². The molecule has 2 N–H and O–H groups in total. The molecule has 0 heterocycles. The van der Waals surface area contributed by atoms with Crippen LogP contribution in [0, 0.1) is 11.7 Å². The van der Waals surface area contributed by atoms with Gasteiger partial charge in [0.1, 0.15) is 5.82 Å². The number of halogens is 1. The van der Waals surface area contributed by atoms with Crippen LogP contribution in [-0.4, -0.2) is 12.6 Å². The van der Waals surface area contributed by atoms with Crippen LogP contribution in [0.4, 0.5) is 10.1 Å². The summed E-state index contributed by atoms with van der Waals surface area (Å²) in [6.45, 7) is 0.440. The van der Waals surface area contributed by atoms with Gasteiger partial charge in [0.25, 0.3) is 0 Å². The summed E-state index contributed by atoms with van der Waals surface area (Å²) in [7, 11) is 0. The second-order valence-corrected chi connectivity index (χ2v) is 4.83. The highest BCUT2D eigenvalue weighted by atomic mass is 19.1. The molecule has 98 valence electrons. The van der Waals surface area contributed by atoms with E-state index >= 15 is 0 Å². The predicted molar refractivity (Wildman–Crippen MR) is 67.7 cm³/mol. The Hall–Kier alpha value is -1.58. The molecule has 0 radical (unpaired) electrons. The lowest BCUT2D eigenvalue weighted by Gasteiger charge is -2.21. The fourth-order valence-corrected chi connectivity index (χ4v) is 2.34. The molecule has 4 heteroatoms. The summed E-state index contributed by atoms with van der Waals surface area (Å²) in [6, 6.07) is 3.72. The molecular formula is C14H18FNO2. The van der Waals surface area contributed by atoms with Gasteiger partial charge in [-0.15, -0.1) is 0 Å². The highest BCUT2D eigenvalue weighted by molar-refractivity contribution is 5.94. The average Bonchev–Trinajstić information content (AvgIpc) is 2.37. The standard InChI is InChI=1S/C14H18FNO2/c15-11-6-7-12(13(16)8-11)14(17)18-9-10-4-2-1-3-5-10/h6-8,10H,1-5,9,16H2. The maximum Gasteiger partial charge on any atom is 0.340 e. The zero-order valence-corrected chi connectivity index (χ0v) is 10.3. The maximum absolute atomic E-state index is 12.9. The summed E-state index contributed by atoms with van der Waals surface area (Å²) >= 11 is 0. The highest BCUT2D eigenvalue weighted by Gasteiger charge is 2.17. The van der Waals surface area contributed by atoms with E-state index in [2.05, 4.69) is 0 Å². The summed E-state index contributed by atoms with van der Waals surface area (Å²) in [5.74, 6) is -0.446. The van der Waals surface area contributed by atoms with Gasteiger partial charge in [-0.05, 0) is 37.0 Å². The number of nitrogen functional groups attached to an aromatic ring is 1. The largest absolute Gasteiger partial charge is 0.462 e. The van der Waals surface area contributed by atoms with Crippen molar-refractivity contribution in [2.45, 2.75) is 32.1 Å². The van der Waals surface area contributed by atoms with Gasteiger partial charge in [-0.3, -0.25) is 0 Å². The molecule has 18 heavy (non-hydrogen) atoms. The van der Waals surface area contributed by atoms with Crippen LogP contribution < -0.4 is 5.73 Å². The molecule has 0 atom stereocenters. The molecule has 0 saturated heterocycles. The minimum Gasteiger partial charge on any atom is -0.462 e. The SMILES string of the molecule is Nc1cc(F)ccc1C(=O)OCC1CCCCC1. The normalized spacial score (nSPS) is 16.5. The number of hydrogen-bond donors (Lipinski definition) is 1. The van der Waals surface area contributed by atoms with Crippen molar-refractivity contribution in [1.82, 2.24) is 0 Å². The molecule has 1 aromatic rings. The molecular weight excluding hydrogens is 233 g/mol. The van der Waals surface area contributed by atoms with Crippen LogP contribution in [0.2, 0.25) is 0 Å². The van der Waals surface area contributed by atoms with Gasteiger partial charge in [0, 0.05) is 5.69 Å². The predicted octanol–water partition coefficient (Wildman–Crippen LogP) is 3.15. The Labute approximate surface area is 106 Å². The molecule has 0 amide bonds. The first-order valence-corrected chi connectivity index (χ1v) is 6.39.